The standard InChI is InChI=1S/C67H125NO5/c1-3-5-7-9-11-13-15-17-19-20-26-29-32-35-39-43-47-51-55-59-65(70)64(63-69)68-66(71)60-56-52-48-44-40-36-33-30-27-24-22-21-23-25-28-31-34-38-42-46-50-54-58-62-73-67(72)61-57-53-49-45-41-37-18-16-14-12-10-8-6-4-2/h10,12,16,18,24,27,55,59,64-65,69-70H,3-9,11,13-15,17,19-23,25-26,28-54,56-58,60-63H2,1-2H3,(H,68,71)/b12-10-,18-16-,27-24-,59-55+. The smallest absolute Gasteiger partial charge is 0.305 e. The Hall–Kier alpha value is -2.18. The van der Waals surface area contributed by atoms with Gasteiger partial charge in [0.2, 0.25) is 5.91 Å². The number of rotatable bonds is 60. The van der Waals surface area contributed by atoms with E-state index in [1.54, 1.807) is 6.08 Å². The lowest BCUT2D eigenvalue weighted by Crippen LogP contribution is -2.45. The molecule has 0 rings (SSSR count). The molecule has 0 aromatic rings. The third kappa shape index (κ3) is 58.9. The lowest BCUT2D eigenvalue weighted by Gasteiger charge is -2.20. The van der Waals surface area contributed by atoms with E-state index in [0.29, 0.717) is 19.4 Å². The maximum atomic E-state index is 12.5. The third-order valence-corrected chi connectivity index (χ3v) is 14.8. The summed E-state index contributed by atoms with van der Waals surface area (Å²) in [6.45, 7) is 4.87. The van der Waals surface area contributed by atoms with Crippen molar-refractivity contribution < 1.29 is 24.5 Å². The molecule has 0 radical (unpaired) electrons. The number of aliphatic hydroxyl groups is 2. The van der Waals surface area contributed by atoms with Gasteiger partial charge in [-0.1, -0.05) is 294 Å². The predicted octanol–water partition coefficient (Wildman–Crippen LogP) is 20.5. The van der Waals surface area contributed by atoms with Crippen LogP contribution < -0.4 is 5.32 Å². The van der Waals surface area contributed by atoms with Gasteiger partial charge in [0.25, 0.3) is 0 Å². The van der Waals surface area contributed by atoms with Gasteiger partial charge < -0.3 is 20.3 Å². The summed E-state index contributed by atoms with van der Waals surface area (Å²) in [6.07, 6.45) is 80.1. The molecule has 73 heavy (non-hydrogen) atoms. The Morgan fingerprint density at radius 2 is 0.699 bits per heavy atom. The van der Waals surface area contributed by atoms with E-state index in [1.807, 2.05) is 6.08 Å². The van der Waals surface area contributed by atoms with Crippen LogP contribution in [0.4, 0.5) is 0 Å². The molecule has 0 heterocycles. The molecular weight excluding hydrogens is 899 g/mol. The number of amides is 1. The van der Waals surface area contributed by atoms with Crippen LogP contribution in [0.3, 0.4) is 0 Å². The maximum Gasteiger partial charge on any atom is 0.305 e. The number of unbranched alkanes of at least 4 members (excludes halogenated alkanes) is 43. The molecule has 0 fully saturated rings. The summed E-state index contributed by atoms with van der Waals surface area (Å²) in [7, 11) is 0. The average molecular weight is 1020 g/mol. The van der Waals surface area contributed by atoms with Crippen molar-refractivity contribution in [2.45, 2.75) is 353 Å². The monoisotopic (exact) mass is 1020 g/mol. The number of aliphatic hydroxyl groups excluding tert-OH is 2. The number of ether oxygens (including phenoxy) is 1. The highest BCUT2D eigenvalue weighted by Crippen LogP contribution is 2.17. The second-order valence-corrected chi connectivity index (χ2v) is 22.1. The molecular formula is C67H125NO5. The summed E-state index contributed by atoms with van der Waals surface area (Å²) < 4.78 is 5.47. The molecule has 0 saturated heterocycles. The molecule has 2 unspecified atom stereocenters. The normalized spacial score (nSPS) is 12.9. The highest BCUT2D eigenvalue weighted by atomic mass is 16.5. The topological polar surface area (TPSA) is 95.9 Å². The van der Waals surface area contributed by atoms with Gasteiger partial charge in [0, 0.05) is 12.8 Å². The summed E-state index contributed by atoms with van der Waals surface area (Å²) in [5.74, 6) is -0.0763. The van der Waals surface area contributed by atoms with Gasteiger partial charge in [-0.15, -0.1) is 0 Å². The van der Waals surface area contributed by atoms with E-state index in [4.69, 9.17) is 4.74 Å². The highest BCUT2D eigenvalue weighted by Gasteiger charge is 2.18. The largest absolute Gasteiger partial charge is 0.466 e. The number of nitrogens with one attached hydrogen (secondary N) is 1. The van der Waals surface area contributed by atoms with Gasteiger partial charge in [0.05, 0.1) is 25.4 Å². The SMILES string of the molecule is CCCC/C=C\C/C=C\CCCCCCCC(=O)OCCCCCCCCCCCCCC/C=C\CCCCCCCCCC(=O)NC(CO)C(O)/C=C/CCCCCCCCCCCCCCCCCCC. The van der Waals surface area contributed by atoms with Crippen molar-refractivity contribution in [3.8, 4) is 0 Å². The van der Waals surface area contributed by atoms with Gasteiger partial charge in [0.15, 0.2) is 0 Å². The Labute approximate surface area is 455 Å². The number of allylic oxidation sites excluding steroid dienone is 7. The third-order valence-electron chi connectivity index (χ3n) is 14.8. The molecule has 0 bridgehead atoms. The fourth-order valence-corrected chi connectivity index (χ4v) is 9.82. The average Bonchev–Trinajstić information content (AvgIpc) is 3.39. The molecule has 0 aromatic heterocycles. The molecule has 6 nitrogen and oxygen atoms in total. The number of carbonyl (C=O) groups is 2. The fourth-order valence-electron chi connectivity index (χ4n) is 9.82. The number of carbonyl (C=O) groups excluding carboxylic acids is 2. The Morgan fingerprint density at radius 1 is 0.384 bits per heavy atom. The highest BCUT2D eigenvalue weighted by molar-refractivity contribution is 5.76. The van der Waals surface area contributed by atoms with Crippen LogP contribution >= 0.6 is 0 Å². The molecule has 3 N–H and O–H groups in total. The summed E-state index contributed by atoms with van der Waals surface area (Å²) in [6, 6.07) is -0.634. The number of hydrogen-bond acceptors (Lipinski definition) is 5. The summed E-state index contributed by atoms with van der Waals surface area (Å²) in [5.41, 5.74) is 0. The number of esters is 1. The first-order valence-corrected chi connectivity index (χ1v) is 32.4. The van der Waals surface area contributed by atoms with Crippen molar-refractivity contribution >= 4 is 11.9 Å². The van der Waals surface area contributed by atoms with Crippen LogP contribution in [0.25, 0.3) is 0 Å². The maximum absolute atomic E-state index is 12.5. The van der Waals surface area contributed by atoms with Crippen LogP contribution in [0.5, 0.6) is 0 Å². The Bertz CT molecular complexity index is 1230. The van der Waals surface area contributed by atoms with Gasteiger partial charge in [0.1, 0.15) is 0 Å². The Kier molecular flexibility index (Phi) is 60.5. The van der Waals surface area contributed by atoms with Gasteiger partial charge in [-0.05, 0) is 83.5 Å². The van der Waals surface area contributed by atoms with E-state index in [-0.39, 0.29) is 18.5 Å². The quantitative estimate of drug-likeness (QED) is 0.0320. The first-order valence-electron chi connectivity index (χ1n) is 32.4. The molecule has 0 aromatic carbocycles. The summed E-state index contributed by atoms with van der Waals surface area (Å²) in [5, 5.41) is 23.2. The van der Waals surface area contributed by atoms with Gasteiger partial charge in [-0.3, -0.25) is 9.59 Å². The molecule has 6 heteroatoms. The van der Waals surface area contributed by atoms with E-state index in [9.17, 15) is 19.8 Å². The van der Waals surface area contributed by atoms with E-state index < -0.39 is 12.1 Å². The molecule has 1 amide bonds. The zero-order chi connectivity index (χ0) is 52.9. The van der Waals surface area contributed by atoms with Gasteiger partial charge in [-0.2, -0.15) is 0 Å². The van der Waals surface area contributed by atoms with Crippen molar-refractivity contribution in [3.05, 3.63) is 48.6 Å². The minimum atomic E-state index is -0.850. The molecule has 0 aliphatic heterocycles. The van der Waals surface area contributed by atoms with Gasteiger partial charge >= 0.3 is 5.97 Å². The molecule has 0 saturated carbocycles. The molecule has 428 valence electrons. The minimum Gasteiger partial charge on any atom is -0.466 e. The minimum absolute atomic E-state index is 0.00380. The van der Waals surface area contributed by atoms with Gasteiger partial charge in [-0.25, -0.2) is 0 Å². The molecule has 2 atom stereocenters. The van der Waals surface area contributed by atoms with Crippen molar-refractivity contribution in [1.29, 1.82) is 0 Å². The number of hydrogen-bond donors (Lipinski definition) is 3. The molecule has 0 aliphatic carbocycles. The van der Waals surface area contributed by atoms with E-state index >= 15 is 0 Å². The van der Waals surface area contributed by atoms with Crippen molar-refractivity contribution in [3.63, 3.8) is 0 Å². The van der Waals surface area contributed by atoms with E-state index in [2.05, 4.69) is 55.6 Å². The van der Waals surface area contributed by atoms with Crippen LogP contribution in [0.15, 0.2) is 48.6 Å². The van der Waals surface area contributed by atoms with Crippen molar-refractivity contribution in [2.75, 3.05) is 13.2 Å². The van der Waals surface area contributed by atoms with Crippen molar-refractivity contribution in [2.24, 2.45) is 0 Å². The molecule has 0 spiro atoms. The lowest BCUT2D eigenvalue weighted by atomic mass is 10.0. The zero-order valence-electron chi connectivity index (χ0n) is 48.9. The Morgan fingerprint density at radius 3 is 1.10 bits per heavy atom. The fraction of sp³-hybridized carbons (Fsp3) is 0.851. The van der Waals surface area contributed by atoms with E-state index in [0.717, 1.165) is 57.8 Å². The summed E-state index contributed by atoms with van der Waals surface area (Å²) in [4.78, 5) is 24.5. The van der Waals surface area contributed by atoms with E-state index in [1.165, 1.54) is 257 Å². The van der Waals surface area contributed by atoms with Crippen LogP contribution in [-0.4, -0.2) is 47.4 Å². The van der Waals surface area contributed by atoms with Crippen LogP contribution in [-0.2, 0) is 14.3 Å². The lowest BCUT2D eigenvalue weighted by molar-refractivity contribution is -0.143. The Balaban J connectivity index is 3.45. The first kappa shape index (κ1) is 70.8. The second-order valence-electron chi connectivity index (χ2n) is 22.1. The summed E-state index contributed by atoms with van der Waals surface area (Å²) >= 11 is 0. The van der Waals surface area contributed by atoms with Crippen LogP contribution in [0, 0.1) is 0 Å². The predicted molar refractivity (Wildman–Crippen MR) is 319 cm³/mol. The zero-order valence-corrected chi connectivity index (χ0v) is 48.9. The van der Waals surface area contributed by atoms with Crippen LogP contribution in [0.1, 0.15) is 341 Å². The first-order chi connectivity index (χ1) is 36.0. The molecule has 0 aliphatic rings. The van der Waals surface area contributed by atoms with Crippen molar-refractivity contribution in [1.82, 2.24) is 5.32 Å². The second kappa shape index (κ2) is 62.4. The van der Waals surface area contributed by atoms with Crippen LogP contribution in [0.2, 0.25) is 0 Å².